The van der Waals surface area contributed by atoms with Crippen LogP contribution in [0, 0.1) is 13.8 Å². The Bertz CT molecular complexity index is 953. The normalized spacial score (nSPS) is 17.2. The summed E-state index contributed by atoms with van der Waals surface area (Å²) in [5.74, 6) is -0.391. The van der Waals surface area contributed by atoms with Gasteiger partial charge >= 0.3 is 0 Å². The fraction of sp³-hybridized carbons (Fsp3) is 0.421. The first-order valence-electron chi connectivity index (χ1n) is 9.00. The highest BCUT2D eigenvalue weighted by atomic mass is 35.5. The van der Waals surface area contributed by atoms with Crippen LogP contribution in [0.2, 0.25) is 4.34 Å². The van der Waals surface area contributed by atoms with Crippen LogP contribution >= 0.6 is 22.9 Å². The number of benzene rings is 1. The smallest absolute Gasteiger partial charge is 0.253 e. The number of thiophene rings is 1. The molecule has 1 fully saturated rings. The number of ether oxygens (including phenoxy) is 1. The second kappa shape index (κ2) is 8.92. The fourth-order valence-electron chi connectivity index (χ4n) is 3.06. The molecular formula is C19H23ClN2O4S2. The highest BCUT2D eigenvalue weighted by molar-refractivity contribution is 7.91. The number of nitrogens with one attached hydrogen (secondary N) is 1. The van der Waals surface area contributed by atoms with Crippen molar-refractivity contribution in [1.82, 2.24) is 4.31 Å². The van der Waals surface area contributed by atoms with E-state index in [9.17, 15) is 13.2 Å². The largest absolute Gasteiger partial charge is 0.377 e. The van der Waals surface area contributed by atoms with E-state index in [0.717, 1.165) is 35.3 Å². The van der Waals surface area contributed by atoms with E-state index >= 15 is 0 Å². The zero-order valence-corrected chi connectivity index (χ0v) is 18.2. The van der Waals surface area contributed by atoms with Gasteiger partial charge in [0, 0.05) is 18.8 Å². The number of nitrogens with zero attached hydrogens (tertiary/aromatic N) is 1. The molecule has 0 radical (unpaired) electrons. The summed E-state index contributed by atoms with van der Waals surface area (Å²) >= 11 is 6.90. The van der Waals surface area contributed by atoms with Crippen LogP contribution in [0.3, 0.4) is 0 Å². The summed E-state index contributed by atoms with van der Waals surface area (Å²) in [7, 11) is -3.85. The second-order valence-electron chi connectivity index (χ2n) is 6.79. The third-order valence-corrected chi connectivity index (χ3v) is 8.28. The lowest BCUT2D eigenvalue weighted by atomic mass is 10.1. The average Bonchev–Trinajstić information content (AvgIpc) is 3.30. The highest BCUT2D eigenvalue weighted by Gasteiger charge is 2.32. The van der Waals surface area contributed by atoms with Crippen LogP contribution in [-0.2, 0) is 19.6 Å². The van der Waals surface area contributed by atoms with Crippen molar-refractivity contribution in [2.75, 3.05) is 25.0 Å². The second-order valence-corrected chi connectivity index (χ2v) is 10.7. The summed E-state index contributed by atoms with van der Waals surface area (Å²) in [5, 5.41) is 2.83. The van der Waals surface area contributed by atoms with Crippen molar-refractivity contribution in [2.24, 2.45) is 0 Å². The number of rotatable bonds is 7. The van der Waals surface area contributed by atoms with Crippen LogP contribution in [0.1, 0.15) is 24.0 Å². The number of hydrogen-bond donors (Lipinski definition) is 1. The zero-order valence-electron chi connectivity index (χ0n) is 15.8. The number of anilines is 1. The van der Waals surface area contributed by atoms with Crippen molar-refractivity contribution < 1.29 is 17.9 Å². The van der Waals surface area contributed by atoms with Crippen molar-refractivity contribution in [1.29, 1.82) is 0 Å². The number of aryl methyl sites for hydroxylation is 1. The Kier molecular flexibility index (Phi) is 6.77. The summed E-state index contributed by atoms with van der Waals surface area (Å²) < 4.78 is 33.5. The zero-order chi connectivity index (χ0) is 20.3. The predicted octanol–water partition coefficient (Wildman–Crippen LogP) is 3.83. The number of amides is 1. The quantitative estimate of drug-likeness (QED) is 0.707. The van der Waals surface area contributed by atoms with Crippen LogP contribution in [0.25, 0.3) is 0 Å². The summed E-state index contributed by atoms with van der Waals surface area (Å²) in [6, 6.07) is 8.62. The molecule has 9 heteroatoms. The summed E-state index contributed by atoms with van der Waals surface area (Å²) in [6.45, 7) is 4.33. The monoisotopic (exact) mass is 442 g/mol. The molecule has 1 amide bonds. The predicted molar refractivity (Wildman–Crippen MR) is 112 cm³/mol. The molecule has 1 aromatic carbocycles. The molecule has 152 valence electrons. The molecule has 6 nitrogen and oxygen atoms in total. The number of hydrogen-bond acceptors (Lipinski definition) is 5. The van der Waals surface area contributed by atoms with Crippen molar-refractivity contribution in [3.8, 4) is 0 Å². The molecule has 1 aliphatic rings. The van der Waals surface area contributed by atoms with Crippen LogP contribution < -0.4 is 5.32 Å². The molecule has 1 aliphatic heterocycles. The molecule has 2 aromatic rings. The van der Waals surface area contributed by atoms with Gasteiger partial charge in [-0.1, -0.05) is 23.7 Å². The Morgan fingerprint density at radius 3 is 2.75 bits per heavy atom. The van der Waals surface area contributed by atoms with Gasteiger partial charge in [-0.3, -0.25) is 4.79 Å². The minimum Gasteiger partial charge on any atom is -0.377 e. The van der Waals surface area contributed by atoms with Crippen LogP contribution in [0.15, 0.2) is 34.5 Å². The van der Waals surface area contributed by atoms with E-state index < -0.39 is 15.9 Å². The van der Waals surface area contributed by atoms with Crippen LogP contribution in [-0.4, -0.2) is 44.4 Å². The third-order valence-electron chi connectivity index (χ3n) is 4.77. The lowest BCUT2D eigenvalue weighted by molar-refractivity contribution is -0.116. The van der Waals surface area contributed by atoms with Crippen molar-refractivity contribution in [2.45, 2.75) is 37.0 Å². The van der Waals surface area contributed by atoms with Crippen LogP contribution in [0.5, 0.6) is 0 Å². The Morgan fingerprint density at radius 1 is 1.32 bits per heavy atom. The molecule has 1 unspecified atom stereocenters. The first-order chi connectivity index (χ1) is 13.3. The minimum absolute atomic E-state index is 0.120. The summed E-state index contributed by atoms with van der Waals surface area (Å²) in [5.41, 5.74) is 2.68. The number of halogens is 1. The summed E-state index contributed by atoms with van der Waals surface area (Å²) in [6.07, 6.45) is 1.45. The van der Waals surface area contributed by atoms with Gasteiger partial charge in [-0.05, 0) is 56.0 Å². The standard InChI is InChI=1S/C19H23ClN2O4S2/c1-13-5-3-7-16(14(13)2)21-18(23)12-22(11-15-6-4-10-26-15)28(24,25)19-9-8-17(20)27-19/h3,5,7-9,15H,4,6,10-12H2,1-2H3,(H,21,23). The van der Waals surface area contributed by atoms with Gasteiger partial charge in [0.1, 0.15) is 4.21 Å². The SMILES string of the molecule is Cc1cccc(NC(=O)CN(CC2CCCO2)S(=O)(=O)c2ccc(Cl)s2)c1C. The lowest BCUT2D eigenvalue weighted by Crippen LogP contribution is -2.42. The molecular weight excluding hydrogens is 420 g/mol. The summed E-state index contributed by atoms with van der Waals surface area (Å²) in [4.78, 5) is 12.7. The Morgan fingerprint density at radius 2 is 2.11 bits per heavy atom. The average molecular weight is 443 g/mol. The first-order valence-corrected chi connectivity index (χ1v) is 11.6. The first kappa shape index (κ1) is 21.3. The number of carbonyl (C=O) groups excluding carboxylic acids is 1. The topological polar surface area (TPSA) is 75.7 Å². The molecule has 1 aromatic heterocycles. The number of sulfonamides is 1. The Labute approximate surface area is 174 Å². The van der Waals surface area contributed by atoms with E-state index in [-0.39, 0.29) is 23.4 Å². The molecule has 1 saturated heterocycles. The van der Waals surface area contributed by atoms with Gasteiger partial charge < -0.3 is 10.1 Å². The maximum absolute atomic E-state index is 13.1. The molecule has 0 bridgehead atoms. The van der Waals surface area contributed by atoms with Gasteiger partial charge in [-0.25, -0.2) is 8.42 Å². The van der Waals surface area contributed by atoms with Crippen molar-refractivity contribution in [3.63, 3.8) is 0 Å². The molecule has 0 saturated carbocycles. The fourth-order valence-corrected chi connectivity index (χ4v) is 6.13. The van der Waals surface area contributed by atoms with Crippen LogP contribution in [0.4, 0.5) is 5.69 Å². The van der Waals surface area contributed by atoms with E-state index in [2.05, 4.69) is 5.32 Å². The maximum Gasteiger partial charge on any atom is 0.253 e. The van der Waals surface area contributed by atoms with Gasteiger partial charge in [-0.2, -0.15) is 4.31 Å². The van der Waals surface area contributed by atoms with E-state index in [1.807, 2.05) is 26.0 Å². The van der Waals surface area contributed by atoms with E-state index in [0.29, 0.717) is 16.6 Å². The van der Waals surface area contributed by atoms with Gasteiger partial charge in [0.25, 0.3) is 10.0 Å². The molecule has 0 spiro atoms. The molecule has 2 heterocycles. The van der Waals surface area contributed by atoms with E-state index in [1.54, 1.807) is 12.1 Å². The maximum atomic E-state index is 13.1. The Balaban J connectivity index is 1.80. The molecule has 1 atom stereocenters. The molecule has 28 heavy (non-hydrogen) atoms. The van der Waals surface area contributed by atoms with Crippen molar-refractivity contribution >= 4 is 44.6 Å². The lowest BCUT2D eigenvalue weighted by Gasteiger charge is -2.24. The molecule has 0 aliphatic carbocycles. The van der Waals surface area contributed by atoms with Gasteiger partial charge in [-0.15, -0.1) is 11.3 Å². The molecule has 1 N–H and O–H groups in total. The number of carbonyl (C=O) groups is 1. The minimum atomic E-state index is -3.85. The van der Waals surface area contributed by atoms with E-state index in [1.165, 1.54) is 10.4 Å². The van der Waals surface area contributed by atoms with E-state index in [4.69, 9.17) is 16.3 Å². The van der Waals surface area contributed by atoms with Gasteiger partial charge in [0.15, 0.2) is 0 Å². The highest BCUT2D eigenvalue weighted by Crippen LogP contribution is 2.29. The van der Waals surface area contributed by atoms with Gasteiger partial charge in [0.05, 0.1) is 17.0 Å². The molecule has 3 rings (SSSR count). The van der Waals surface area contributed by atoms with Gasteiger partial charge in [0.2, 0.25) is 5.91 Å². The Hall–Kier alpha value is -1.45. The van der Waals surface area contributed by atoms with Crippen molar-refractivity contribution in [3.05, 3.63) is 45.8 Å². The third kappa shape index (κ3) is 4.93.